The predicted molar refractivity (Wildman–Crippen MR) is 78.6 cm³/mol. The van der Waals surface area contributed by atoms with E-state index in [1.165, 1.54) is 22.5 Å². The molecule has 1 heterocycles. The highest BCUT2D eigenvalue weighted by molar-refractivity contribution is 7.10. The van der Waals surface area contributed by atoms with Crippen LogP contribution in [0.25, 0.3) is 0 Å². The van der Waals surface area contributed by atoms with E-state index in [2.05, 4.69) is 26.0 Å². The third-order valence-electron chi connectivity index (χ3n) is 3.20. The van der Waals surface area contributed by atoms with E-state index in [0.717, 1.165) is 23.3 Å². The van der Waals surface area contributed by atoms with Crippen LogP contribution in [0.4, 0.5) is 0 Å². The second-order valence-corrected chi connectivity index (χ2v) is 5.63. The molecule has 1 atom stereocenters. The summed E-state index contributed by atoms with van der Waals surface area (Å²) in [6, 6.07) is 8.03. The number of rotatable bonds is 4. The third-order valence-corrected chi connectivity index (χ3v) is 4.61. The monoisotopic (exact) mass is 280 g/mol. The topological polar surface area (TPSA) is 20.2 Å². The fraction of sp³-hybridized carbons (Fsp3) is 0.333. The number of aryl methyl sites for hydroxylation is 2. The Morgan fingerprint density at radius 2 is 1.89 bits per heavy atom. The Hall–Kier alpha value is -0.830. The van der Waals surface area contributed by atoms with Gasteiger partial charge in [-0.25, -0.2) is 0 Å². The van der Waals surface area contributed by atoms with Crippen LogP contribution in [0.1, 0.15) is 41.5 Å². The first-order valence-electron chi connectivity index (χ1n) is 6.20. The van der Waals surface area contributed by atoms with Crippen molar-refractivity contribution in [1.82, 2.24) is 0 Å². The highest BCUT2D eigenvalue weighted by Gasteiger charge is 2.16. The van der Waals surface area contributed by atoms with Crippen molar-refractivity contribution in [2.45, 2.75) is 32.8 Å². The predicted octanol–water partition coefficient (Wildman–Crippen LogP) is 4.61. The van der Waals surface area contributed by atoms with Crippen LogP contribution in [0.2, 0.25) is 5.02 Å². The van der Waals surface area contributed by atoms with Crippen LogP contribution in [-0.2, 0) is 12.8 Å². The highest BCUT2D eigenvalue weighted by atomic mass is 35.5. The molecule has 0 amide bonds. The number of aliphatic hydroxyl groups excluding tert-OH is 1. The smallest absolute Gasteiger partial charge is 0.115 e. The van der Waals surface area contributed by atoms with Gasteiger partial charge in [-0.3, -0.25) is 0 Å². The fourth-order valence-corrected chi connectivity index (χ4v) is 3.31. The van der Waals surface area contributed by atoms with Crippen molar-refractivity contribution in [3.05, 3.63) is 56.2 Å². The van der Waals surface area contributed by atoms with E-state index in [1.807, 2.05) is 17.5 Å². The minimum absolute atomic E-state index is 0.617. The number of aliphatic hydroxyl groups is 1. The maximum absolute atomic E-state index is 10.4. The zero-order chi connectivity index (χ0) is 13.1. The number of halogens is 1. The van der Waals surface area contributed by atoms with Crippen molar-refractivity contribution in [3.8, 4) is 0 Å². The van der Waals surface area contributed by atoms with Gasteiger partial charge in [0.05, 0.1) is 9.90 Å². The molecule has 0 bridgehead atoms. The average Bonchev–Trinajstić information content (AvgIpc) is 2.83. The Balaban J connectivity index is 2.37. The molecule has 1 nitrogen and oxygen atoms in total. The summed E-state index contributed by atoms with van der Waals surface area (Å²) in [5.74, 6) is 0. The summed E-state index contributed by atoms with van der Waals surface area (Å²) in [4.78, 5) is 0.822. The molecule has 0 saturated heterocycles. The van der Waals surface area contributed by atoms with Crippen LogP contribution in [0.5, 0.6) is 0 Å². The van der Waals surface area contributed by atoms with Crippen LogP contribution in [-0.4, -0.2) is 5.11 Å². The third kappa shape index (κ3) is 2.61. The van der Waals surface area contributed by atoms with Gasteiger partial charge in [0.1, 0.15) is 6.10 Å². The molecule has 3 heteroatoms. The number of benzene rings is 1. The van der Waals surface area contributed by atoms with Gasteiger partial charge in [-0.15, -0.1) is 11.3 Å². The lowest BCUT2D eigenvalue weighted by atomic mass is 9.97. The molecule has 1 aromatic carbocycles. The van der Waals surface area contributed by atoms with Crippen LogP contribution in [0, 0.1) is 0 Å². The maximum Gasteiger partial charge on any atom is 0.115 e. The molecule has 1 N–H and O–H groups in total. The SMILES string of the molecule is CCc1ccc(C(O)c2sccc2Cl)cc1CC. The Labute approximate surface area is 117 Å². The molecule has 2 aromatic rings. The van der Waals surface area contributed by atoms with Crippen molar-refractivity contribution in [2.75, 3.05) is 0 Å². The quantitative estimate of drug-likeness (QED) is 0.867. The molecule has 0 spiro atoms. The summed E-state index contributed by atoms with van der Waals surface area (Å²) in [5, 5.41) is 12.9. The standard InChI is InChI=1S/C15H17ClOS/c1-3-10-5-6-12(9-11(10)4-2)14(17)15-13(16)7-8-18-15/h5-9,14,17H,3-4H2,1-2H3. The van der Waals surface area contributed by atoms with Crippen molar-refractivity contribution < 1.29 is 5.11 Å². The second-order valence-electron chi connectivity index (χ2n) is 4.27. The van der Waals surface area contributed by atoms with Crippen molar-refractivity contribution in [1.29, 1.82) is 0 Å². The minimum Gasteiger partial charge on any atom is -0.383 e. The minimum atomic E-state index is -0.617. The van der Waals surface area contributed by atoms with E-state index < -0.39 is 6.10 Å². The molecular weight excluding hydrogens is 264 g/mol. The van der Waals surface area contributed by atoms with E-state index in [-0.39, 0.29) is 0 Å². The first-order chi connectivity index (χ1) is 8.67. The van der Waals surface area contributed by atoms with Gasteiger partial charge in [-0.1, -0.05) is 43.6 Å². The van der Waals surface area contributed by atoms with Gasteiger partial charge in [0, 0.05) is 0 Å². The summed E-state index contributed by atoms with van der Waals surface area (Å²) in [6.07, 6.45) is 1.40. The molecule has 2 rings (SSSR count). The van der Waals surface area contributed by atoms with Crippen LogP contribution >= 0.6 is 22.9 Å². The Bertz CT molecular complexity index is 533. The molecule has 0 aliphatic carbocycles. The van der Waals surface area contributed by atoms with Gasteiger partial charge in [0.15, 0.2) is 0 Å². The summed E-state index contributed by atoms with van der Waals surface area (Å²) < 4.78 is 0. The largest absolute Gasteiger partial charge is 0.383 e. The molecule has 0 saturated carbocycles. The molecule has 0 fully saturated rings. The molecular formula is C15H17ClOS. The van der Waals surface area contributed by atoms with E-state index in [1.54, 1.807) is 0 Å². The Morgan fingerprint density at radius 1 is 1.17 bits per heavy atom. The zero-order valence-corrected chi connectivity index (χ0v) is 12.2. The van der Waals surface area contributed by atoms with Crippen LogP contribution in [0.3, 0.4) is 0 Å². The van der Waals surface area contributed by atoms with Crippen molar-refractivity contribution in [3.63, 3.8) is 0 Å². The molecule has 0 aliphatic heterocycles. The van der Waals surface area contributed by atoms with Gasteiger partial charge >= 0.3 is 0 Å². The molecule has 18 heavy (non-hydrogen) atoms. The van der Waals surface area contributed by atoms with E-state index in [9.17, 15) is 5.11 Å². The summed E-state index contributed by atoms with van der Waals surface area (Å²) in [6.45, 7) is 4.30. The van der Waals surface area contributed by atoms with Gasteiger partial charge in [-0.05, 0) is 41.0 Å². The molecule has 96 valence electrons. The second kappa shape index (κ2) is 5.87. The van der Waals surface area contributed by atoms with Crippen LogP contribution in [0.15, 0.2) is 29.6 Å². The summed E-state index contributed by atoms with van der Waals surface area (Å²) in [5.41, 5.74) is 3.58. The van der Waals surface area contributed by atoms with E-state index in [0.29, 0.717) is 5.02 Å². The first kappa shape index (κ1) is 13.6. The van der Waals surface area contributed by atoms with Crippen molar-refractivity contribution in [2.24, 2.45) is 0 Å². The van der Waals surface area contributed by atoms with Gasteiger partial charge < -0.3 is 5.11 Å². The maximum atomic E-state index is 10.4. The highest BCUT2D eigenvalue weighted by Crippen LogP contribution is 2.33. The molecule has 1 aromatic heterocycles. The van der Waals surface area contributed by atoms with E-state index >= 15 is 0 Å². The molecule has 0 aliphatic rings. The lowest BCUT2D eigenvalue weighted by Gasteiger charge is -2.13. The zero-order valence-electron chi connectivity index (χ0n) is 10.6. The van der Waals surface area contributed by atoms with Gasteiger partial charge in [0.25, 0.3) is 0 Å². The lowest BCUT2D eigenvalue weighted by Crippen LogP contribution is -2.01. The van der Waals surface area contributed by atoms with E-state index in [4.69, 9.17) is 11.6 Å². The number of hydrogen-bond donors (Lipinski definition) is 1. The lowest BCUT2D eigenvalue weighted by molar-refractivity contribution is 0.224. The summed E-state index contributed by atoms with van der Waals surface area (Å²) in [7, 11) is 0. The van der Waals surface area contributed by atoms with Gasteiger partial charge in [-0.2, -0.15) is 0 Å². The number of hydrogen-bond acceptors (Lipinski definition) is 2. The van der Waals surface area contributed by atoms with Crippen LogP contribution < -0.4 is 0 Å². The normalized spacial score (nSPS) is 12.7. The molecule has 0 radical (unpaired) electrons. The fourth-order valence-electron chi connectivity index (χ4n) is 2.14. The number of thiophene rings is 1. The molecule has 1 unspecified atom stereocenters. The van der Waals surface area contributed by atoms with Gasteiger partial charge in [0.2, 0.25) is 0 Å². The van der Waals surface area contributed by atoms with Crippen molar-refractivity contribution >= 4 is 22.9 Å². The Kier molecular flexibility index (Phi) is 4.44. The first-order valence-corrected chi connectivity index (χ1v) is 7.45. The Morgan fingerprint density at radius 3 is 2.44 bits per heavy atom. The average molecular weight is 281 g/mol. The summed E-state index contributed by atoms with van der Waals surface area (Å²) >= 11 is 7.56.